The van der Waals surface area contributed by atoms with Crippen LogP contribution in [0.25, 0.3) is 0 Å². The molecule has 0 aromatic carbocycles. The molecule has 0 aliphatic heterocycles. The number of nitrogens with zero attached hydrogens (tertiary/aromatic N) is 1. The highest BCUT2D eigenvalue weighted by molar-refractivity contribution is 4.50. The highest BCUT2D eigenvalue weighted by Gasteiger charge is 1.96. The molecule has 0 aromatic rings. The van der Waals surface area contributed by atoms with Gasteiger partial charge in [-0.15, -0.1) is 10.1 Å². The number of hydrogen-bond acceptors (Lipinski definition) is 3. The molecule has 0 N–H and O–H groups in total. The van der Waals surface area contributed by atoms with Crippen molar-refractivity contribution in [3.05, 3.63) is 10.1 Å². The zero-order chi connectivity index (χ0) is 17.0. The Kier molecular flexibility index (Phi) is 18.6. The average Bonchev–Trinajstić information content (AvgIpc) is 2.53. The van der Waals surface area contributed by atoms with Gasteiger partial charge < -0.3 is 4.84 Å². The summed E-state index contributed by atoms with van der Waals surface area (Å²) in [4.78, 5) is 14.2. The summed E-state index contributed by atoms with van der Waals surface area (Å²) in [5, 5.41) is 9.25. The van der Waals surface area contributed by atoms with Gasteiger partial charge in [-0.25, -0.2) is 0 Å². The molecule has 4 nitrogen and oxygen atoms in total. The van der Waals surface area contributed by atoms with Gasteiger partial charge >= 0.3 is 0 Å². The van der Waals surface area contributed by atoms with Crippen LogP contribution in [0.15, 0.2) is 0 Å². The Morgan fingerprint density at radius 1 is 0.609 bits per heavy atom. The van der Waals surface area contributed by atoms with E-state index in [-0.39, 0.29) is 6.61 Å². The minimum absolute atomic E-state index is 0.256. The predicted octanol–water partition coefficient (Wildman–Crippen LogP) is 6.85. The van der Waals surface area contributed by atoms with Gasteiger partial charge in [0, 0.05) is 0 Å². The molecule has 4 heteroatoms. The van der Waals surface area contributed by atoms with Crippen molar-refractivity contribution in [2.75, 3.05) is 6.61 Å². The van der Waals surface area contributed by atoms with E-state index in [1.165, 1.54) is 96.3 Å². The second-order valence-corrected chi connectivity index (χ2v) is 6.71. The fourth-order valence-corrected chi connectivity index (χ4v) is 2.97. The van der Waals surface area contributed by atoms with Gasteiger partial charge in [0.2, 0.25) is 0 Å². The van der Waals surface area contributed by atoms with Gasteiger partial charge in [0.05, 0.1) is 6.61 Å². The van der Waals surface area contributed by atoms with E-state index in [2.05, 4.69) is 11.8 Å². The standard InChI is InChI=1S/C19H39NO3/c1-2-3-4-5-6-7-8-9-10-11-12-13-14-15-16-17-18-19-23-20(21)22/h2-19H2,1H3. The van der Waals surface area contributed by atoms with Gasteiger partial charge in [0.25, 0.3) is 5.09 Å². The van der Waals surface area contributed by atoms with Crippen molar-refractivity contribution >= 4 is 0 Å². The van der Waals surface area contributed by atoms with Gasteiger partial charge in [-0.3, -0.25) is 0 Å². The van der Waals surface area contributed by atoms with Crippen LogP contribution >= 0.6 is 0 Å². The molecule has 138 valence electrons. The van der Waals surface area contributed by atoms with Gasteiger partial charge in [0.15, 0.2) is 0 Å². The Labute approximate surface area is 143 Å². The Bertz CT molecular complexity index is 247. The summed E-state index contributed by atoms with van der Waals surface area (Å²) < 4.78 is 0. The zero-order valence-electron chi connectivity index (χ0n) is 15.4. The molecular formula is C19H39NO3. The molecule has 0 unspecified atom stereocenters. The molecule has 0 aromatic heterocycles. The highest BCUT2D eigenvalue weighted by atomic mass is 16.9. The molecule has 0 amide bonds. The monoisotopic (exact) mass is 329 g/mol. The molecular weight excluding hydrogens is 290 g/mol. The van der Waals surface area contributed by atoms with Crippen molar-refractivity contribution in [2.45, 2.75) is 116 Å². The first-order chi connectivity index (χ1) is 11.3. The van der Waals surface area contributed by atoms with Crippen LogP contribution in [0.4, 0.5) is 0 Å². The van der Waals surface area contributed by atoms with Crippen LogP contribution in [0.2, 0.25) is 0 Å². The number of hydrogen-bond donors (Lipinski definition) is 0. The van der Waals surface area contributed by atoms with Crippen LogP contribution < -0.4 is 0 Å². The zero-order valence-corrected chi connectivity index (χ0v) is 15.4. The molecule has 23 heavy (non-hydrogen) atoms. The van der Waals surface area contributed by atoms with E-state index in [0.29, 0.717) is 0 Å². The van der Waals surface area contributed by atoms with E-state index in [4.69, 9.17) is 0 Å². The Morgan fingerprint density at radius 3 is 1.22 bits per heavy atom. The number of unbranched alkanes of at least 4 members (excludes halogenated alkanes) is 16. The van der Waals surface area contributed by atoms with Gasteiger partial charge in [-0.1, -0.05) is 110 Å². The van der Waals surface area contributed by atoms with Crippen molar-refractivity contribution in [3.8, 4) is 0 Å². The summed E-state index contributed by atoms with van der Waals surface area (Å²) >= 11 is 0. The Hall–Kier alpha value is -0.800. The molecule has 0 heterocycles. The fourth-order valence-electron chi connectivity index (χ4n) is 2.97. The largest absolute Gasteiger partial charge is 0.314 e. The third kappa shape index (κ3) is 21.2. The maximum atomic E-state index is 9.95. The molecule has 0 saturated heterocycles. The predicted molar refractivity (Wildman–Crippen MR) is 97.1 cm³/mol. The number of rotatable bonds is 19. The third-order valence-corrected chi connectivity index (χ3v) is 4.44. The topological polar surface area (TPSA) is 52.4 Å². The lowest BCUT2D eigenvalue weighted by Gasteiger charge is -2.03. The summed E-state index contributed by atoms with van der Waals surface area (Å²) in [6, 6.07) is 0. The van der Waals surface area contributed by atoms with Crippen molar-refractivity contribution < 1.29 is 9.92 Å². The summed E-state index contributed by atoms with van der Waals surface area (Å²) in [5.41, 5.74) is 0. The lowest BCUT2D eigenvalue weighted by Crippen LogP contribution is -2.01. The first-order valence-electron chi connectivity index (χ1n) is 10.0. The van der Waals surface area contributed by atoms with Crippen LogP contribution in [0.5, 0.6) is 0 Å². The van der Waals surface area contributed by atoms with Gasteiger partial charge in [-0.2, -0.15) is 0 Å². The summed E-state index contributed by atoms with van der Waals surface area (Å²) in [6.07, 6.45) is 22.5. The molecule has 0 atom stereocenters. The molecule has 0 rings (SSSR count). The molecule has 0 spiro atoms. The molecule has 0 bridgehead atoms. The van der Waals surface area contributed by atoms with E-state index in [1.54, 1.807) is 0 Å². The summed E-state index contributed by atoms with van der Waals surface area (Å²) in [7, 11) is 0. The smallest absolute Gasteiger partial charge is 0.294 e. The average molecular weight is 330 g/mol. The minimum Gasteiger partial charge on any atom is -0.314 e. The van der Waals surface area contributed by atoms with Gasteiger partial charge in [0.1, 0.15) is 0 Å². The molecule has 0 fully saturated rings. The van der Waals surface area contributed by atoms with Crippen LogP contribution in [-0.2, 0) is 4.84 Å². The van der Waals surface area contributed by atoms with Crippen LogP contribution in [-0.4, -0.2) is 11.7 Å². The van der Waals surface area contributed by atoms with Crippen LogP contribution in [0.1, 0.15) is 116 Å². The quantitative estimate of drug-likeness (QED) is 0.148. The fraction of sp³-hybridized carbons (Fsp3) is 1.00. The normalized spacial score (nSPS) is 10.8. The lowest BCUT2D eigenvalue weighted by atomic mass is 10.0. The maximum absolute atomic E-state index is 9.95. The SMILES string of the molecule is CCCCCCCCCCCCCCCCCCCO[N+](=O)[O-]. The second-order valence-electron chi connectivity index (χ2n) is 6.71. The van der Waals surface area contributed by atoms with Crippen molar-refractivity contribution in [3.63, 3.8) is 0 Å². The summed E-state index contributed by atoms with van der Waals surface area (Å²) in [6.45, 7) is 2.53. The van der Waals surface area contributed by atoms with Crippen LogP contribution in [0.3, 0.4) is 0 Å². The third-order valence-electron chi connectivity index (χ3n) is 4.44. The molecule has 0 aliphatic carbocycles. The highest BCUT2D eigenvalue weighted by Crippen LogP contribution is 2.13. The molecule has 0 aliphatic rings. The van der Waals surface area contributed by atoms with E-state index in [0.717, 1.165) is 12.8 Å². The van der Waals surface area contributed by atoms with E-state index < -0.39 is 5.09 Å². The maximum Gasteiger partial charge on any atom is 0.294 e. The Morgan fingerprint density at radius 2 is 0.913 bits per heavy atom. The minimum atomic E-state index is -0.702. The van der Waals surface area contributed by atoms with Crippen molar-refractivity contribution in [1.82, 2.24) is 0 Å². The van der Waals surface area contributed by atoms with Crippen molar-refractivity contribution in [1.29, 1.82) is 0 Å². The first-order valence-corrected chi connectivity index (χ1v) is 10.0. The van der Waals surface area contributed by atoms with E-state index in [9.17, 15) is 10.1 Å². The lowest BCUT2D eigenvalue weighted by molar-refractivity contribution is -0.757. The first kappa shape index (κ1) is 22.2. The molecule has 0 radical (unpaired) electrons. The van der Waals surface area contributed by atoms with E-state index in [1.807, 2.05) is 0 Å². The molecule has 0 saturated carbocycles. The summed E-state index contributed by atoms with van der Waals surface area (Å²) in [5.74, 6) is 0. The Balaban J connectivity index is 2.96. The second kappa shape index (κ2) is 19.2. The van der Waals surface area contributed by atoms with Crippen molar-refractivity contribution in [2.24, 2.45) is 0 Å². The van der Waals surface area contributed by atoms with Crippen LogP contribution in [0, 0.1) is 10.1 Å². The van der Waals surface area contributed by atoms with E-state index >= 15 is 0 Å². The van der Waals surface area contributed by atoms with Gasteiger partial charge in [-0.05, 0) is 6.42 Å².